The van der Waals surface area contributed by atoms with Crippen molar-refractivity contribution >= 4 is 73.2 Å². The van der Waals surface area contributed by atoms with E-state index < -0.39 is 15.7 Å². The van der Waals surface area contributed by atoms with Crippen molar-refractivity contribution in [2.24, 2.45) is 4.99 Å². The first-order valence-corrected chi connectivity index (χ1v) is 12.7. The normalized spacial score (nSPS) is 23.6. The molecule has 2 aliphatic heterocycles. The highest BCUT2D eigenvalue weighted by molar-refractivity contribution is 8.16. The molecule has 4 rings (SSSR count). The van der Waals surface area contributed by atoms with Crippen molar-refractivity contribution in [2.75, 3.05) is 23.0 Å². The molecule has 2 aliphatic rings. The topological polar surface area (TPSA) is 76.0 Å². The average molecular weight is 506 g/mol. The fourth-order valence-corrected chi connectivity index (χ4v) is 7.76. The molecular formula is C19H15Cl3N2O4S2. The molecule has 2 fully saturated rings. The molecule has 2 heterocycles. The Hall–Kier alpha value is -1.45. The monoisotopic (exact) mass is 504 g/mol. The van der Waals surface area contributed by atoms with Gasteiger partial charge in [-0.1, -0.05) is 46.6 Å². The Morgan fingerprint density at radius 1 is 1.10 bits per heavy atom. The fraction of sp³-hybridized carbons (Fsp3) is 0.263. The van der Waals surface area contributed by atoms with Gasteiger partial charge in [-0.2, -0.15) is 4.99 Å². The van der Waals surface area contributed by atoms with E-state index >= 15 is 0 Å². The highest BCUT2D eigenvalue weighted by atomic mass is 35.5. The van der Waals surface area contributed by atoms with E-state index in [1.807, 2.05) is 0 Å². The van der Waals surface area contributed by atoms with Crippen LogP contribution in [-0.4, -0.2) is 48.9 Å². The summed E-state index contributed by atoms with van der Waals surface area (Å²) in [5.74, 6) is -0.0313. The third kappa shape index (κ3) is 4.73. The van der Waals surface area contributed by atoms with E-state index in [2.05, 4.69) is 4.99 Å². The summed E-state index contributed by atoms with van der Waals surface area (Å²) in [4.78, 5) is 18.3. The number of aliphatic imine (C=N–C) groups is 1. The number of carbonyl (C=O) groups excluding carboxylic acids is 1. The van der Waals surface area contributed by atoms with Gasteiger partial charge in [-0.05, 0) is 42.5 Å². The average Bonchev–Trinajstić information content (AvgIpc) is 3.14. The molecule has 2 saturated heterocycles. The van der Waals surface area contributed by atoms with Gasteiger partial charge >= 0.3 is 0 Å². The molecule has 30 heavy (non-hydrogen) atoms. The van der Waals surface area contributed by atoms with Crippen molar-refractivity contribution in [2.45, 2.75) is 11.3 Å². The Bertz CT molecular complexity index is 1120. The minimum absolute atomic E-state index is 0.0193. The number of halogens is 3. The van der Waals surface area contributed by atoms with Gasteiger partial charge < -0.3 is 9.64 Å². The van der Waals surface area contributed by atoms with E-state index in [1.54, 1.807) is 47.4 Å². The Balaban J connectivity index is 1.59. The maximum absolute atomic E-state index is 12.5. The van der Waals surface area contributed by atoms with Crippen LogP contribution < -0.4 is 9.64 Å². The summed E-state index contributed by atoms with van der Waals surface area (Å²) in [7, 11) is -3.19. The van der Waals surface area contributed by atoms with Gasteiger partial charge in [0.15, 0.2) is 21.6 Å². The number of carbonyl (C=O) groups is 1. The lowest BCUT2D eigenvalue weighted by Gasteiger charge is -2.25. The third-order valence-electron chi connectivity index (χ3n) is 4.63. The largest absolute Gasteiger partial charge is 0.484 e. The van der Waals surface area contributed by atoms with Crippen LogP contribution in [0.2, 0.25) is 15.1 Å². The van der Waals surface area contributed by atoms with E-state index in [4.69, 9.17) is 39.5 Å². The molecule has 11 heteroatoms. The number of amides is 1. The number of nitrogens with zero attached hydrogens (tertiary/aromatic N) is 2. The first kappa shape index (κ1) is 21.8. The molecule has 0 unspecified atom stereocenters. The number of rotatable bonds is 4. The van der Waals surface area contributed by atoms with Crippen molar-refractivity contribution < 1.29 is 17.9 Å². The number of hydrogen-bond acceptors (Lipinski definition) is 5. The highest BCUT2D eigenvalue weighted by Crippen LogP contribution is 2.43. The summed E-state index contributed by atoms with van der Waals surface area (Å²) in [6.45, 7) is -0.267. The van der Waals surface area contributed by atoms with Crippen LogP contribution in [0.1, 0.15) is 0 Å². The summed E-state index contributed by atoms with van der Waals surface area (Å²) < 4.78 is 29.8. The summed E-state index contributed by atoms with van der Waals surface area (Å²) in [6.07, 6.45) is 0. The standard InChI is InChI=1S/C19H15Cl3N2O4S2/c20-11-1-4-13(5-2-11)28-8-18(25)23-19-24(15-7-12(21)3-6-14(15)22)16-9-30(26,27)10-17(16)29-19/h1-7,16-17H,8-10H2/t16-,17-/m1/s1. The fourth-order valence-electron chi connectivity index (χ4n) is 3.33. The molecule has 0 spiro atoms. The minimum atomic E-state index is -3.19. The van der Waals surface area contributed by atoms with E-state index in [-0.39, 0.29) is 29.4 Å². The van der Waals surface area contributed by atoms with Crippen LogP contribution in [0.15, 0.2) is 47.5 Å². The van der Waals surface area contributed by atoms with Gasteiger partial charge in [-0.3, -0.25) is 4.79 Å². The lowest BCUT2D eigenvalue weighted by atomic mass is 10.2. The van der Waals surface area contributed by atoms with Gasteiger partial charge in [0.1, 0.15) is 5.75 Å². The van der Waals surface area contributed by atoms with Crippen LogP contribution in [0.3, 0.4) is 0 Å². The molecule has 1 amide bonds. The van der Waals surface area contributed by atoms with Gasteiger partial charge in [-0.25, -0.2) is 8.42 Å². The number of fused-ring (bicyclic) bond motifs is 1. The molecule has 2 atom stereocenters. The molecule has 0 radical (unpaired) electrons. The Labute approximate surface area is 193 Å². The molecule has 6 nitrogen and oxygen atoms in total. The minimum Gasteiger partial charge on any atom is -0.484 e. The molecule has 0 N–H and O–H groups in total. The first-order chi connectivity index (χ1) is 14.2. The number of anilines is 1. The molecule has 158 valence electrons. The predicted molar refractivity (Wildman–Crippen MR) is 122 cm³/mol. The maximum Gasteiger partial charge on any atom is 0.285 e. The first-order valence-electron chi connectivity index (χ1n) is 8.83. The van der Waals surface area contributed by atoms with Crippen LogP contribution in [0.5, 0.6) is 5.75 Å². The van der Waals surface area contributed by atoms with E-state index in [1.165, 1.54) is 11.8 Å². The van der Waals surface area contributed by atoms with Crippen molar-refractivity contribution in [1.82, 2.24) is 0 Å². The molecule has 0 aliphatic carbocycles. The van der Waals surface area contributed by atoms with Crippen LogP contribution in [0, 0.1) is 0 Å². The lowest BCUT2D eigenvalue weighted by molar-refractivity contribution is -0.119. The van der Waals surface area contributed by atoms with Gasteiger partial charge in [0, 0.05) is 15.3 Å². The van der Waals surface area contributed by atoms with E-state index in [0.717, 1.165) is 0 Å². The molecule has 2 aromatic rings. The maximum atomic E-state index is 12.5. The molecule has 0 saturated carbocycles. The lowest BCUT2D eigenvalue weighted by Crippen LogP contribution is -2.38. The quantitative estimate of drug-likeness (QED) is 0.616. The van der Waals surface area contributed by atoms with Gasteiger partial charge in [0.25, 0.3) is 5.91 Å². The number of thioether (sulfide) groups is 1. The Kier molecular flexibility index (Phi) is 6.23. The van der Waals surface area contributed by atoms with Crippen molar-refractivity contribution in [1.29, 1.82) is 0 Å². The SMILES string of the molecule is O=C(COc1ccc(Cl)cc1)N=C1S[C@@H]2CS(=O)(=O)C[C@H]2N1c1cc(Cl)ccc1Cl. The van der Waals surface area contributed by atoms with E-state index in [9.17, 15) is 13.2 Å². The summed E-state index contributed by atoms with van der Waals surface area (Å²) in [6, 6.07) is 11.2. The Morgan fingerprint density at radius 3 is 2.53 bits per heavy atom. The number of benzene rings is 2. The predicted octanol–water partition coefficient (Wildman–Crippen LogP) is 4.33. The second kappa shape index (κ2) is 8.59. The summed E-state index contributed by atoms with van der Waals surface area (Å²) >= 11 is 19.6. The number of sulfone groups is 1. The highest BCUT2D eigenvalue weighted by Gasteiger charge is 2.49. The molecular weight excluding hydrogens is 491 g/mol. The zero-order valence-electron chi connectivity index (χ0n) is 15.3. The Morgan fingerprint density at radius 2 is 1.80 bits per heavy atom. The zero-order chi connectivity index (χ0) is 21.5. The summed E-state index contributed by atoms with van der Waals surface area (Å²) in [5.41, 5.74) is 0.520. The second-order valence-electron chi connectivity index (χ2n) is 6.80. The van der Waals surface area contributed by atoms with Crippen molar-refractivity contribution in [3.63, 3.8) is 0 Å². The van der Waals surface area contributed by atoms with Gasteiger partial charge in [-0.15, -0.1) is 0 Å². The van der Waals surface area contributed by atoms with Crippen LogP contribution in [0.4, 0.5) is 5.69 Å². The molecule has 2 aromatic carbocycles. The van der Waals surface area contributed by atoms with Crippen molar-refractivity contribution in [3.05, 3.63) is 57.5 Å². The van der Waals surface area contributed by atoms with Crippen molar-refractivity contribution in [3.8, 4) is 5.75 Å². The molecule has 0 bridgehead atoms. The number of ether oxygens (including phenoxy) is 1. The number of hydrogen-bond donors (Lipinski definition) is 0. The summed E-state index contributed by atoms with van der Waals surface area (Å²) in [5, 5.41) is 1.54. The third-order valence-corrected chi connectivity index (χ3v) is 8.65. The van der Waals surface area contributed by atoms with Gasteiger partial charge in [0.05, 0.1) is 28.3 Å². The zero-order valence-corrected chi connectivity index (χ0v) is 19.2. The number of amidine groups is 1. The van der Waals surface area contributed by atoms with Crippen LogP contribution in [0.25, 0.3) is 0 Å². The van der Waals surface area contributed by atoms with Gasteiger partial charge in [0.2, 0.25) is 0 Å². The smallest absolute Gasteiger partial charge is 0.285 e. The second-order valence-corrected chi connectivity index (χ2v) is 11.4. The van der Waals surface area contributed by atoms with Crippen LogP contribution in [-0.2, 0) is 14.6 Å². The van der Waals surface area contributed by atoms with E-state index in [0.29, 0.717) is 31.7 Å². The van der Waals surface area contributed by atoms with Crippen LogP contribution >= 0.6 is 46.6 Å². The molecule has 0 aromatic heterocycles.